The smallest absolute Gasteiger partial charge is 0.328 e. The van der Waals surface area contributed by atoms with Crippen LogP contribution in [0.4, 0.5) is 0 Å². The zero-order valence-corrected chi connectivity index (χ0v) is 10.3. The lowest BCUT2D eigenvalue weighted by molar-refractivity contribution is -0.131. The molecule has 0 aliphatic heterocycles. The Morgan fingerprint density at radius 3 is 1.89 bits per heavy atom. The molecule has 1 aromatic carbocycles. The van der Waals surface area contributed by atoms with Gasteiger partial charge in [-0.05, 0) is 38.0 Å². The summed E-state index contributed by atoms with van der Waals surface area (Å²) in [6, 6.07) is 0. The van der Waals surface area contributed by atoms with Crippen molar-refractivity contribution in [3.05, 3.63) is 34.4 Å². The lowest BCUT2D eigenvalue weighted by Crippen LogP contribution is -2.03. The Kier molecular flexibility index (Phi) is 3.76. The second-order valence-electron chi connectivity index (χ2n) is 3.98. The molecular weight excluding hydrogens is 236 g/mol. The van der Waals surface area contributed by atoms with Crippen molar-refractivity contribution in [2.75, 3.05) is 0 Å². The summed E-state index contributed by atoms with van der Waals surface area (Å²) in [5.41, 5.74) is 1.04. The molecule has 0 unspecified atom stereocenters. The van der Waals surface area contributed by atoms with E-state index in [0.29, 0.717) is 17.2 Å². The molecule has 0 amide bonds. The molecule has 0 fully saturated rings. The summed E-state index contributed by atoms with van der Waals surface area (Å²) in [5.74, 6) is -2.22. The fourth-order valence-electron chi connectivity index (χ4n) is 1.65. The number of hydrogen-bond donors (Lipinski definition) is 3. The van der Waals surface area contributed by atoms with E-state index in [1.54, 1.807) is 13.8 Å². The van der Waals surface area contributed by atoms with E-state index in [1.807, 2.05) is 0 Å². The maximum atomic E-state index is 11.8. The number of rotatable bonds is 3. The second-order valence-corrected chi connectivity index (χ2v) is 3.98. The molecular formula is C13H14O5. The first-order chi connectivity index (χ1) is 8.27. The van der Waals surface area contributed by atoms with Crippen molar-refractivity contribution in [3.8, 4) is 11.5 Å². The van der Waals surface area contributed by atoms with Crippen LogP contribution in [0.2, 0.25) is 0 Å². The minimum atomic E-state index is -1.26. The van der Waals surface area contributed by atoms with E-state index < -0.39 is 11.8 Å². The number of benzene rings is 1. The van der Waals surface area contributed by atoms with Crippen LogP contribution in [0, 0.1) is 20.8 Å². The Morgan fingerprint density at radius 2 is 1.39 bits per heavy atom. The van der Waals surface area contributed by atoms with E-state index in [0.717, 1.165) is 6.08 Å². The summed E-state index contributed by atoms with van der Waals surface area (Å²) in [5, 5.41) is 28.2. The number of aliphatic carboxylic acids is 1. The molecule has 18 heavy (non-hydrogen) atoms. The second kappa shape index (κ2) is 4.91. The van der Waals surface area contributed by atoms with Crippen molar-refractivity contribution in [1.82, 2.24) is 0 Å². The van der Waals surface area contributed by atoms with Crippen LogP contribution in [0.3, 0.4) is 0 Å². The lowest BCUT2D eigenvalue weighted by atomic mass is 9.95. The number of hydrogen-bond acceptors (Lipinski definition) is 4. The normalized spacial score (nSPS) is 10.8. The van der Waals surface area contributed by atoms with E-state index in [1.165, 1.54) is 6.92 Å². The van der Waals surface area contributed by atoms with Gasteiger partial charge in [-0.2, -0.15) is 0 Å². The van der Waals surface area contributed by atoms with E-state index in [2.05, 4.69) is 0 Å². The largest absolute Gasteiger partial charge is 0.507 e. The van der Waals surface area contributed by atoms with E-state index in [4.69, 9.17) is 5.11 Å². The molecule has 1 aromatic rings. The maximum Gasteiger partial charge on any atom is 0.328 e. The number of carbonyl (C=O) groups is 2. The Bertz CT molecular complexity index is 526. The van der Waals surface area contributed by atoms with Crippen molar-refractivity contribution in [1.29, 1.82) is 0 Å². The van der Waals surface area contributed by atoms with Gasteiger partial charge in [-0.3, -0.25) is 4.79 Å². The molecule has 96 valence electrons. The predicted molar refractivity (Wildman–Crippen MR) is 65.1 cm³/mol. The Morgan fingerprint density at radius 1 is 0.889 bits per heavy atom. The van der Waals surface area contributed by atoms with Gasteiger partial charge >= 0.3 is 5.97 Å². The van der Waals surface area contributed by atoms with Crippen molar-refractivity contribution in [3.63, 3.8) is 0 Å². The Balaban J connectivity index is 3.42. The van der Waals surface area contributed by atoms with E-state index in [-0.39, 0.29) is 22.6 Å². The highest BCUT2D eigenvalue weighted by Crippen LogP contribution is 2.36. The summed E-state index contributed by atoms with van der Waals surface area (Å²) < 4.78 is 0. The van der Waals surface area contributed by atoms with Gasteiger partial charge in [0.2, 0.25) is 0 Å². The topological polar surface area (TPSA) is 94.8 Å². The van der Waals surface area contributed by atoms with Crippen LogP contribution in [-0.4, -0.2) is 27.1 Å². The van der Waals surface area contributed by atoms with Gasteiger partial charge in [-0.15, -0.1) is 0 Å². The summed E-state index contributed by atoms with van der Waals surface area (Å²) >= 11 is 0. The molecule has 0 bridgehead atoms. The summed E-state index contributed by atoms with van der Waals surface area (Å²) in [6.07, 6.45) is 1.53. The van der Waals surface area contributed by atoms with Crippen LogP contribution in [-0.2, 0) is 4.79 Å². The fourth-order valence-corrected chi connectivity index (χ4v) is 1.65. The molecule has 5 heteroatoms. The van der Waals surface area contributed by atoms with Crippen LogP contribution in [0.25, 0.3) is 0 Å². The molecule has 0 aliphatic rings. The standard InChI is InChI=1S/C13H14O5/c1-6-7(2)13(18)11(8(3)12(6)17)9(14)4-5-10(15)16/h4-5,17-18H,1-3H3,(H,15,16)/b5-4+. The highest BCUT2D eigenvalue weighted by atomic mass is 16.4. The van der Waals surface area contributed by atoms with E-state index in [9.17, 15) is 19.8 Å². The van der Waals surface area contributed by atoms with Crippen LogP contribution in [0.1, 0.15) is 27.0 Å². The molecule has 0 spiro atoms. The van der Waals surface area contributed by atoms with Crippen LogP contribution < -0.4 is 0 Å². The maximum absolute atomic E-state index is 11.8. The Hall–Kier alpha value is -2.30. The molecule has 0 saturated carbocycles. The van der Waals surface area contributed by atoms with Crippen molar-refractivity contribution in [2.45, 2.75) is 20.8 Å². The first-order valence-corrected chi connectivity index (χ1v) is 5.24. The summed E-state index contributed by atoms with van der Waals surface area (Å²) in [7, 11) is 0. The van der Waals surface area contributed by atoms with Gasteiger partial charge in [-0.25, -0.2) is 4.79 Å². The van der Waals surface area contributed by atoms with Crippen molar-refractivity contribution < 1.29 is 24.9 Å². The van der Waals surface area contributed by atoms with Gasteiger partial charge < -0.3 is 15.3 Å². The zero-order valence-electron chi connectivity index (χ0n) is 10.3. The number of ketones is 1. The van der Waals surface area contributed by atoms with Gasteiger partial charge in [0.05, 0.1) is 5.56 Å². The van der Waals surface area contributed by atoms with Gasteiger partial charge in [0.25, 0.3) is 0 Å². The number of aromatic hydroxyl groups is 2. The lowest BCUT2D eigenvalue weighted by Gasteiger charge is -2.13. The van der Waals surface area contributed by atoms with E-state index >= 15 is 0 Å². The van der Waals surface area contributed by atoms with Gasteiger partial charge in [0.15, 0.2) is 5.78 Å². The predicted octanol–water partition coefficient (Wildman–Crippen LogP) is 1.85. The highest BCUT2D eigenvalue weighted by Gasteiger charge is 2.20. The number of carbonyl (C=O) groups excluding carboxylic acids is 1. The zero-order chi connectivity index (χ0) is 14.0. The average molecular weight is 250 g/mol. The summed E-state index contributed by atoms with van der Waals surface area (Å²) in [6.45, 7) is 4.68. The van der Waals surface area contributed by atoms with Crippen LogP contribution in [0.5, 0.6) is 11.5 Å². The number of carboxylic acid groups (broad SMARTS) is 1. The molecule has 0 radical (unpaired) electrons. The number of phenols is 2. The molecule has 1 rings (SSSR count). The molecule has 0 aliphatic carbocycles. The average Bonchev–Trinajstić information content (AvgIpc) is 2.31. The highest BCUT2D eigenvalue weighted by molar-refractivity contribution is 6.10. The van der Waals surface area contributed by atoms with Gasteiger partial charge in [-0.1, -0.05) is 0 Å². The quantitative estimate of drug-likeness (QED) is 0.432. The van der Waals surface area contributed by atoms with Gasteiger partial charge in [0, 0.05) is 11.6 Å². The number of phenolic OH excluding ortho intramolecular Hbond substituents is 2. The third kappa shape index (κ3) is 2.34. The molecule has 0 atom stereocenters. The molecule has 0 saturated heterocycles. The SMILES string of the molecule is Cc1c(C)c(O)c(C(=O)/C=C/C(=O)O)c(C)c1O. The van der Waals surface area contributed by atoms with Crippen LogP contribution in [0.15, 0.2) is 12.2 Å². The minimum Gasteiger partial charge on any atom is -0.507 e. The molecule has 0 aromatic heterocycles. The number of allylic oxidation sites excluding steroid dienone is 1. The number of carboxylic acids is 1. The molecule has 5 nitrogen and oxygen atoms in total. The van der Waals surface area contributed by atoms with Crippen LogP contribution >= 0.6 is 0 Å². The monoisotopic (exact) mass is 250 g/mol. The van der Waals surface area contributed by atoms with Gasteiger partial charge in [0.1, 0.15) is 11.5 Å². The minimum absolute atomic E-state index is 0.0719. The first-order valence-electron chi connectivity index (χ1n) is 5.24. The third-order valence-electron chi connectivity index (χ3n) is 2.86. The van der Waals surface area contributed by atoms with Crippen molar-refractivity contribution >= 4 is 11.8 Å². The van der Waals surface area contributed by atoms with Crippen molar-refractivity contribution in [2.24, 2.45) is 0 Å². The Labute approximate surface area is 104 Å². The molecule has 3 N–H and O–H groups in total. The third-order valence-corrected chi connectivity index (χ3v) is 2.86. The molecule has 0 heterocycles. The summed E-state index contributed by atoms with van der Waals surface area (Å²) in [4.78, 5) is 22.1. The first kappa shape index (κ1) is 13.8. The fraction of sp³-hybridized carbons (Fsp3) is 0.231.